The second-order valence-electron chi connectivity index (χ2n) is 7.62. The maximum atomic E-state index is 13.4. The van der Waals surface area contributed by atoms with E-state index in [9.17, 15) is 23.1 Å². The van der Waals surface area contributed by atoms with Crippen LogP contribution in [0.2, 0.25) is 5.02 Å². The third kappa shape index (κ3) is 3.91. The predicted molar refractivity (Wildman–Crippen MR) is 119 cm³/mol. The second-order valence-corrected chi connectivity index (χ2v) is 9.97. The van der Waals surface area contributed by atoms with Gasteiger partial charge in [0.05, 0.1) is 15.4 Å². The normalized spacial score (nSPS) is 13.5. The minimum Gasteiger partial charge on any atom is -0.480 e. The van der Waals surface area contributed by atoms with E-state index in [0.29, 0.717) is 46.1 Å². The van der Waals surface area contributed by atoms with Crippen LogP contribution in [0.5, 0.6) is 0 Å². The van der Waals surface area contributed by atoms with E-state index in [1.807, 2.05) is 0 Å². The fourth-order valence-corrected chi connectivity index (χ4v) is 5.99. The summed E-state index contributed by atoms with van der Waals surface area (Å²) in [5.41, 5.74) is 2.89. The molecule has 2 aromatic carbocycles. The van der Waals surface area contributed by atoms with Crippen LogP contribution in [0.4, 0.5) is 0 Å². The maximum Gasteiger partial charge on any atom is 0.323 e. The van der Waals surface area contributed by atoms with Crippen molar-refractivity contribution < 1.29 is 23.1 Å². The van der Waals surface area contributed by atoms with Crippen LogP contribution in [0.15, 0.2) is 58.3 Å². The molecule has 1 amide bonds. The highest BCUT2D eigenvalue weighted by atomic mass is 35.5. The number of hydrogen-bond donors (Lipinski definition) is 2. The Labute approximate surface area is 190 Å². The van der Waals surface area contributed by atoms with Crippen molar-refractivity contribution in [2.24, 2.45) is 0 Å². The van der Waals surface area contributed by atoms with Crippen molar-refractivity contribution >= 4 is 33.3 Å². The number of sulfone groups is 1. The lowest BCUT2D eigenvalue weighted by Gasteiger charge is -2.16. The minimum absolute atomic E-state index is 0.0809. The standard InChI is InChI=1S/C23H21ClN2O5S/c1-14-18(22-19(9-10-25-23(22)29)26(14)13-21(27)28)11-15-5-2-3-8-20(15)32(30,31)17-7-4-6-16(24)12-17/h2-8,12H,9-11,13H2,1H3,(H,25,29)(H,27,28). The summed E-state index contributed by atoms with van der Waals surface area (Å²) in [7, 11) is -3.86. The van der Waals surface area contributed by atoms with E-state index in [-0.39, 0.29) is 28.7 Å². The molecule has 7 nitrogen and oxygen atoms in total. The number of carbonyl (C=O) groups is 2. The molecule has 0 atom stereocenters. The number of carboxylic acid groups (broad SMARTS) is 1. The van der Waals surface area contributed by atoms with Gasteiger partial charge in [0.15, 0.2) is 0 Å². The van der Waals surface area contributed by atoms with Crippen LogP contribution in [0, 0.1) is 6.92 Å². The summed E-state index contributed by atoms with van der Waals surface area (Å²) in [6, 6.07) is 12.7. The maximum absolute atomic E-state index is 13.4. The number of amides is 1. The highest BCUT2D eigenvalue weighted by Crippen LogP contribution is 2.32. The minimum atomic E-state index is -3.86. The summed E-state index contributed by atoms with van der Waals surface area (Å²) in [6.07, 6.45) is 0.682. The molecule has 4 rings (SSSR count). The summed E-state index contributed by atoms with van der Waals surface area (Å²) in [5, 5.41) is 12.5. The molecular formula is C23H21ClN2O5S. The van der Waals surface area contributed by atoms with Crippen molar-refractivity contribution in [3.8, 4) is 0 Å². The lowest BCUT2D eigenvalue weighted by Crippen LogP contribution is -2.33. The number of aromatic nitrogens is 1. The first-order valence-corrected chi connectivity index (χ1v) is 11.9. The van der Waals surface area contributed by atoms with Crippen molar-refractivity contribution in [1.82, 2.24) is 9.88 Å². The second kappa shape index (κ2) is 8.44. The van der Waals surface area contributed by atoms with Crippen LogP contribution < -0.4 is 5.32 Å². The molecule has 32 heavy (non-hydrogen) atoms. The molecule has 9 heteroatoms. The first-order chi connectivity index (χ1) is 15.2. The van der Waals surface area contributed by atoms with E-state index >= 15 is 0 Å². The molecule has 0 fully saturated rings. The van der Waals surface area contributed by atoms with Gasteiger partial charge in [-0.25, -0.2) is 8.42 Å². The number of benzene rings is 2. The van der Waals surface area contributed by atoms with E-state index in [1.165, 1.54) is 18.2 Å². The Morgan fingerprint density at radius 3 is 2.66 bits per heavy atom. The lowest BCUT2D eigenvalue weighted by molar-refractivity contribution is -0.137. The largest absolute Gasteiger partial charge is 0.480 e. The van der Waals surface area contributed by atoms with Gasteiger partial charge < -0.3 is 15.0 Å². The molecule has 166 valence electrons. The fourth-order valence-electron chi connectivity index (χ4n) is 4.20. The number of carboxylic acids is 1. The Bertz CT molecular complexity index is 1340. The molecule has 0 aliphatic carbocycles. The molecule has 2 heterocycles. The van der Waals surface area contributed by atoms with Gasteiger partial charge in [-0.2, -0.15) is 0 Å². The molecule has 2 N–H and O–H groups in total. The third-order valence-electron chi connectivity index (χ3n) is 5.66. The predicted octanol–water partition coefficient (Wildman–Crippen LogP) is 3.24. The third-order valence-corrected chi connectivity index (χ3v) is 7.75. The van der Waals surface area contributed by atoms with Gasteiger partial charge in [-0.3, -0.25) is 9.59 Å². The summed E-state index contributed by atoms with van der Waals surface area (Å²) < 4.78 is 28.4. The summed E-state index contributed by atoms with van der Waals surface area (Å²) >= 11 is 6.01. The molecule has 0 saturated heterocycles. The van der Waals surface area contributed by atoms with Crippen LogP contribution in [0.25, 0.3) is 0 Å². The smallest absolute Gasteiger partial charge is 0.323 e. The van der Waals surface area contributed by atoms with Gasteiger partial charge in [0, 0.05) is 35.8 Å². The lowest BCUT2D eigenvalue weighted by atomic mass is 9.97. The number of hydrogen-bond acceptors (Lipinski definition) is 4. The Morgan fingerprint density at radius 2 is 1.94 bits per heavy atom. The van der Waals surface area contributed by atoms with Gasteiger partial charge in [0.1, 0.15) is 6.54 Å². The molecule has 1 aliphatic heterocycles. The van der Waals surface area contributed by atoms with Crippen LogP contribution in [0.3, 0.4) is 0 Å². The van der Waals surface area contributed by atoms with Gasteiger partial charge in [0.2, 0.25) is 9.84 Å². The van der Waals surface area contributed by atoms with E-state index < -0.39 is 15.8 Å². The molecule has 1 aliphatic rings. The first kappa shape index (κ1) is 22.1. The Balaban J connectivity index is 1.85. The van der Waals surface area contributed by atoms with Gasteiger partial charge in [-0.05, 0) is 42.3 Å². The fraction of sp³-hybridized carbons (Fsp3) is 0.217. The topological polar surface area (TPSA) is 105 Å². The van der Waals surface area contributed by atoms with Gasteiger partial charge in [-0.15, -0.1) is 0 Å². The molecule has 0 unspecified atom stereocenters. The average Bonchev–Trinajstić information content (AvgIpc) is 3.00. The number of carbonyl (C=O) groups excluding carboxylic acids is 1. The molecule has 0 bridgehead atoms. The van der Waals surface area contributed by atoms with Gasteiger partial charge in [-0.1, -0.05) is 35.9 Å². The zero-order valence-electron chi connectivity index (χ0n) is 17.3. The summed E-state index contributed by atoms with van der Waals surface area (Å²) in [5.74, 6) is -1.28. The van der Waals surface area contributed by atoms with E-state index in [4.69, 9.17) is 11.6 Å². The van der Waals surface area contributed by atoms with Crippen molar-refractivity contribution in [2.75, 3.05) is 6.54 Å². The summed E-state index contributed by atoms with van der Waals surface area (Å²) in [4.78, 5) is 24.3. The van der Waals surface area contributed by atoms with Crippen LogP contribution in [0.1, 0.15) is 32.9 Å². The van der Waals surface area contributed by atoms with Crippen LogP contribution in [-0.4, -0.2) is 36.5 Å². The summed E-state index contributed by atoms with van der Waals surface area (Å²) in [6.45, 7) is 1.93. The van der Waals surface area contributed by atoms with E-state index in [2.05, 4.69) is 5.32 Å². The zero-order chi connectivity index (χ0) is 23.0. The average molecular weight is 473 g/mol. The zero-order valence-corrected chi connectivity index (χ0v) is 18.8. The number of nitrogens with zero attached hydrogens (tertiary/aromatic N) is 1. The number of rotatable bonds is 6. The van der Waals surface area contributed by atoms with Crippen molar-refractivity contribution in [3.05, 3.63) is 81.6 Å². The number of halogens is 1. The first-order valence-electron chi connectivity index (χ1n) is 9.99. The van der Waals surface area contributed by atoms with Crippen LogP contribution >= 0.6 is 11.6 Å². The molecular weight excluding hydrogens is 452 g/mol. The van der Waals surface area contributed by atoms with Crippen molar-refractivity contribution in [1.29, 1.82) is 0 Å². The van der Waals surface area contributed by atoms with Gasteiger partial charge in [0.25, 0.3) is 5.91 Å². The Kier molecular flexibility index (Phi) is 5.83. The Morgan fingerprint density at radius 1 is 1.19 bits per heavy atom. The van der Waals surface area contributed by atoms with Crippen molar-refractivity contribution in [2.45, 2.75) is 36.1 Å². The SMILES string of the molecule is Cc1c(Cc2ccccc2S(=O)(=O)c2cccc(Cl)c2)c2c(n1CC(=O)O)CCNC2=O. The number of nitrogens with one attached hydrogen (secondary N) is 1. The van der Waals surface area contributed by atoms with E-state index in [0.717, 1.165) is 0 Å². The van der Waals surface area contributed by atoms with Crippen molar-refractivity contribution in [3.63, 3.8) is 0 Å². The van der Waals surface area contributed by atoms with Gasteiger partial charge >= 0.3 is 5.97 Å². The van der Waals surface area contributed by atoms with E-state index in [1.54, 1.807) is 41.8 Å². The highest BCUT2D eigenvalue weighted by Gasteiger charge is 2.30. The number of fused-ring (bicyclic) bond motifs is 1. The molecule has 0 saturated carbocycles. The highest BCUT2D eigenvalue weighted by molar-refractivity contribution is 7.91. The molecule has 0 spiro atoms. The monoisotopic (exact) mass is 472 g/mol. The quantitative estimate of drug-likeness (QED) is 0.573. The van der Waals surface area contributed by atoms with Crippen LogP contribution in [-0.2, 0) is 34.0 Å². The molecule has 0 radical (unpaired) electrons. The molecule has 3 aromatic rings. The molecule has 1 aromatic heterocycles. The Hall–Kier alpha value is -3.10. The number of aliphatic carboxylic acids is 1.